The molecule has 0 radical (unpaired) electrons. The number of hydrogen-bond acceptors (Lipinski definition) is 2. The Morgan fingerprint density at radius 3 is 1.54 bits per heavy atom. The van der Waals surface area contributed by atoms with Gasteiger partial charge in [0.25, 0.3) is 0 Å². The van der Waals surface area contributed by atoms with Crippen molar-refractivity contribution in [1.29, 1.82) is 0 Å². The lowest BCUT2D eigenvalue weighted by atomic mass is 10.0. The summed E-state index contributed by atoms with van der Waals surface area (Å²) < 4.78 is 0. The molecule has 0 fully saturated rings. The molecule has 3 nitrogen and oxygen atoms in total. The first-order valence-electron chi connectivity index (χ1n) is 10.3. The summed E-state index contributed by atoms with van der Waals surface area (Å²) in [6.07, 6.45) is 17.6. The van der Waals surface area contributed by atoms with Crippen LogP contribution in [-0.2, 0) is 4.79 Å². The largest absolute Gasteiger partial charge is 0.372 e. The standard InChI is InChI=1S/C21H43NO2/c1-19(2)17-15-13-11-9-7-5-6-8-10-12-14-16-18-20(23)22-21(3,4)24/h19,24H,5-18H2,1-4H3,(H,22,23). The summed E-state index contributed by atoms with van der Waals surface area (Å²) in [6, 6.07) is 0. The van der Waals surface area contributed by atoms with Crippen molar-refractivity contribution in [2.75, 3.05) is 0 Å². The van der Waals surface area contributed by atoms with E-state index in [-0.39, 0.29) is 5.91 Å². The molecule has 1 amide bonds. The van der Waals surface area contributed by atoms with Crippen LogP contribution in [0.2, 0.25) is 0 Å². The number of carbonyl (C=O) groups is 1. The summed E-state index contributed by atoms with van der Waals surface area (Å²) in [7, 11) is 0. The van der Waals surface area contributed by atoms with Gasteiger partial charge in [-0.2, -0.15) is 0 Å². The lowest BCUT2D eigenvalue weighted by Gasteiger charge is -2.18. The third-order valence-electron chi connectivity index (χ3n) is 4.38. The number of rotatable bonds is 16. The van der Waals surface area contributed by atoms with E-state index in [0.717, 1.165) is 18.8 Å². The van der Waals surface area contributed by atoms with Gasteiger partial charge in [-0.15, -0.1) is 0 Å². The Labute approximate surface area is 151 Å². The second-order valence-corrected chi connectivity index (χ2v) is 8.28. The number of aliphatic hydroxyl groups is 1. The molecule has 0 saturated heterocycles. The van der Waals surface area contributed by atoms with Crippen molar-refractivity contribution >= 4 is 5.91 Å². The highest BCUT2D eigenvalue weighted by atomic mass is 16.3. The van der Waals surface area contributed by atoms with Crippen LogP contribution >= 0.6 is 0 Å². The molecule has 0 aromatic carbocycles. The van der Waals surface area contributed by atoms with E-state index in [1.54, 1.807) is 13.8 Å². The Bertz CT molecular complexity index is 295. The molecular weight excluding hydrogens is 298 g/mol. The summed E-state index contributed by atoms with van der Waals surface area (Å²) in [5, 5.41) is 12.1. The molecule has 0 unspecified atom stereocenters. The van der Waals surface area contributed by atoms with Crippen molar-refractivity contribution in [3.8, 4) is 0 Å². The monoisotopic (exact) mass is 341 g/mol. The van der Waals surface area contributed by atoms with Gasteiger partial charge in [-0.05, 0) is 26.2 Å². The van der Waals surface area contributed by atoms with E-state index in [9.17, 15) is 9.90 Å². The van der Waals surface area contributed by atoms with E-state index < -0.39 is 5.72 Å². The maximum atomic E-state index is 11.5. The van der Waals surface area contributed by atoms with Crippen molar-refractivity contribution in [3.05, 3.63) is 0 Å². The number of unbranched alkanes of at least 4 members (excludes halogenated alkanes) is 11. The molecule has 0 rings (SSSR count). The van der Waals surface area contributed by atoms with Gasteiger partial charge in [-0.25, -0.2) is 0 Å². The highest BCUT2D eigenvalue weighted by Gasteiger charge is 2.14. The maximum Gasteiger partial charge on any atom is 0.222 e. The zero-order valence-electron chi connectivity index (χ0n) is 16.8. The Hall–Kier alpha value is -0.570. The molecule has 0 bridgehead atoms. The smallest absolute Gasteiger partial charge is 0.222 e. The summed E-state index contributed by atoms with van der Waals surface area (Å²) in [6.45, 7) is 7.81. The highest BCUT2D eigenvalue weighted by Crippen LogP contribution is 2.14. The number of amides is 1. The molecule has 0 saturated carbocycles. The van der Waals surface area contributed by atoms with Crippen LogP contribution in [0.15, 0.2) is 0 Å². The topological polar surface area (TPSA) is 49.3 Å². The average molecular weight is 342 g/mol. The van der Waals surface area contributed by atoms with Crippen LogP contribution in [0.5, 0.6) is 0 Å². The van der Waals surface area contributed by atoms with Crippen LogP contribution < -0.4 is 5.32 Å². The SMILES string of the molecule is CC(C)CCCCCCCCCCCCCCC(=O)NC(C)(C)O. The van der Waals surface area contributed by atoms with Gasteiger partial charge in [0.05, 0.1) is 0 Å². The fourth-order valence-electron chi connectivity index (χ4n) is 3.01. The summed E-state index contributed by atoms with van der Waals surface area (Å²) in [4.78, 5) is 11.5. The Balaban J connectivity index is 3.17. The normalized spacial score (nSPS) is 11.9. The first kappa shape index (κ1) is 23.4. The minimum absolute atomic E-state index is 0.0455. The minimum Gasteiger partial charge on any atom is -0.372 e. The molecule has 0 aromatic heterocycles. The molecule has 0 heterocycles. The Morgan fingerprint density at radius 2 is 1.17 bits per heavy atom. The average Bonchev–Trinajstić information content (AvgIpc) is 2.45. The van der Waals surface area contributed by atoms with Crippen molar-refractivity contribution < 1.29 is 9.90 Å². The number of nitrogens with one attached hydrogen (secondary N) is 1. The fourth-order valence-corrected chi connectivity index (χ4v) is 3.01. The third kappa shape index (κ3) is 19.5. The van der Waals surface area contributed by atoms with Crippen LogP contribution in [0.1, 0.15) is 118 Å². The predicted molar refractivity (Wildman–Crippen MR) is 104 cm³/mol. The van der Waals surface area contributed by atoms with Gasteiger partial charge in [0.1, 0.15) is 5.72 Å². The van der Waals surface area contributed by atoms with Gasteiger partial charge in [0, 0.05) is 6.42 Å². The Kier molecular flexibility index (Phi) is 14.4. The van der Waals surface area contributed by atoms with Crippen LogP contribution in [0.3, 0.4) is 0 Å². The molecular formula is C21H43NO2. The van der Waals surface area contributed by atoms with Crippen molar-refractivity contribution in [1.82, 2.24) is 5.32 Å². The van der Waals surface area contributed by atoms with E-state index in [1.165, 1.54) is 70.6 Å². The molecule has 0 aliphatic heterocycles. The van der Waals surface area contributed by atoms with Crippen LogP contribution in [0.25, 0.3) is 0 Å². The number of hydrogen-bond donors (Lipinski definition) is 2. The summed E-state index contributed by atoms with van der Waals surface area (Å²) >= 11 is 0. The first-order chi connectivity index (χ1) is 11.3. The fraction of sp³-hybridized carbons (Fsp3) is 0.952. The van der Waals surface area contributed by atoms with Crippen LogP contribution in [0.4, 0.5) is 0 Å². The van der Waals surface area contributed by atoms with Crippen molar-refractivity contribution in [2.45, 2.75) is 123 Å². The van der Waals surface area contributed by atoms with Crippen molar-refractivity contribution in [2.24, 2.45) is 5.92 Å². The molecule has 2 N–H and O–H groups in total. The van der Waals surface area contributed by atoms with Gasteiger partial charge in [0.15, 0.2) is 0 Å². The molecule has 0 spiro atoms. The molecule has 0 aliphatic carbocycles. The van der Waals surface area contributed by atoms with Crippen LogP contribution in [-0.4, -0.2) is 16.7 Å². The lowest BCUT2D eigenvalue weighted by Crippen LogP contribution is -2.42. The van der Waals surface area contributed by atoms with Crippen molar-refractivity contribution in [3.63, 3.8) is 0 Å². The first-order valence-corrected chi connectivity index (χ1v) is 10.3. The summed E-state index contributed by atoms with van der Waals surface area (Å²) in [5.41, 5.74) is -1.09. The lowest BCUT2D eigenvalue weighted by molar-refractivity contribution is -0.127. The molecule has 0 aliphatic rings. The maximum absolute atomic E-state index is 11.5. The second kappa shape index (κ2) is 14.7. The molecule has 24 heavy (non-hydrogen) atoms. The molecule has 0 atom stereocenters. The second-order valence-electron chi connectivity index (χ2n) is 8.28. The zero-order valence-corrected chi connectivity index (χ0v) is 16.8. The van der Waals surface area contributed by atoms with Gasteiger partial charge in [-0.1, -0.05) is 90.9 Å². The summed E-state index contributed by atoms with van der Waals surface area (Å²) in [5.74, 6) is 0.816. The van der Waals surface area contributed by atoms with E-state index in [0.29, 0.717) is 6.42 Å². The van der Waals surface area contributed by atoms with Gasteiger partial charge in [-0.3, -0.25) is 4.79 Å². The molecule has 0 aromatic rings. The van der Waals surface area contributed by atoms with E-state index in [1.807, 2.05) is 0 Å². The van der Waals surface area contributed by atoms with E-state index in [4.69, 9.17) is 0 Å². The number of carbonyl (C=O) groups excluding carboxylic acids is 1. The third-order valence-corrected chi connectivity index (χ3v) is 4.38. The van der Waals surface area contributed by atoms with Gasteiger partial charge in [0.2, 0.25) is 5.91 Å². The predicted octanol–water partition coefficient (Wildman–Crippen LogP) is 5.95. The molecule has 144 valence electrons. The highest BCUT2D eigenvalue weighted by molar-refractivity contribution is 5.76. The molecule has 3 heteroatoms. The van der Waals surface area contributed by atoms with E-state index >= 15 is 0 Å². The Morgan fingerprint density at radius 1 is 0.792 bits per heavy atom. The zero-order chi connectivity index (χ0) is 18.3. The van der Waals surface area contributed by atoms with E-state index in [2.05, 4.69) is 19.2 Å². The van der Waals surface area contributed by atoms with Gasteiger partial charge >= 0.3 is 0 Å². The minimum atomic E-state index is -1.09. The van der Waals surface area contributed by atoms with Gasteiger partial charge < -0.3 is 10.4 Å². The quantitative estimate of drug-likeness (QED) is 0.269. The van der Waals surface area contributed by atoms with Crippen LogP contribution in [0, 0.1) is 5.92 Å².